The van der Waals surface area contributed by atoms with Gasteiger partial charge in [-0.2, -0.15) is 0 Å². The molecular formula is C60H80Cl2Zr. The van der Waals surface area contributed by atoms with Crippen molar-refractivity contribution in [2.75, 3.05) is 0 Å². The summed E-state index contributed by atoms with van der Waals surface area (Å²) >= 11 is -5.25. The van der Waals surface area contributed by atoms with Gasteiger partial charge in [0.25, 0.3) is 0 Å². The number of fused-ring (bicyclic) bond motifs is 3. The van der Waals surface area contributed by atoms with Crippen LogP contribution in [0.1, 0.15) is 175 Å². The zero-order valence-corrected chi connectivity index (χ0v) is 45.7. The number of hydrogen-bond donors (Lipinski definition) is 0. The van der Waals surface area contributed by atoms with Crippen molar-refractivity contribution in [1.82, 2.24) is 0 Å². The van der Waals surface area contributed by atoms with Gasteiger partial charge < -0.3 is 0 Å². The van der Waals surface area contributed by atoms with Gasteiger partial charge in [0.05, 0.1) is 0 Å². The normalized spacial score (nSPS) is 24.5. The van der Waals surface area contributed by atoms with Crippen LogP contribution in [0.2, 0.25) is 0 Å². The first-order chi connectivity index (χ1) is 28.3. The van der Waals surface area contributed by atoms with E-state index >= 15 is 0 Å². The van der Waals surface area contributed by atoms with E-state index in [2.05, 4.69) is 182 Å². The Kier molecular flexibility index (Phi) is 12.3. The Morgan fingerprint density at radius 1 is 0.571 bits per heavy atom. The molecule has 1 atom stereocenters. The summed E-state index contributed by atoms with van der Waals surface area (Å²) in [5, 5.41) is 0. The minimum absolute atomic E-state index is 0. The van der Waals surface area contributed by atoms with Gasteiger partial charge in [0, 0.05) is 0 Å². The van der Waals surface area contributed by atoms with Crippen LogP contribution in [0.15, 0.2) is 99.4 Å². The van der Waals surface area contributed by atoms with E-state index in [-0.39, 0.29) is 46.5 Å². The molecule has 0 spiro atoms. The topological polar surface area (TPSA) is 0 Å². The van der Waals surface area contributed by atoms with Crippen LogP contribution in [0.4, 0.5) is 0 Å². The summed E-state index contributed by atoms with van der Waals surface area (Å²) in [7, 11) is 0. The third-order valence-corrected chi connectivity index (χ3v) is 34.1. The third kappa shape index (κ3) is 7.89. The number of halogens is 2. The Balaban J connectivity index is 0.00000298. The fraction of sp³-hybridized carbons (Fsp3) is 0.517. The molecule has 338 valence electrons. The van der Waals surface area contributed by atoms with Crippen molar-refractivity contribution in [1.29, 1.82) is 0 Å². The van der Waals surface area contributed by atoms with Crippen molar-refractivity contribution in [3.05, 3.63) is 133 Å². The molecule has 0 nitrogen and oxygen atoms in total. The molecule has 4 saturated carbocycles. The maximum atomic E-state index is 6.18. The third-order valence-electron chi connectivity index (χ3n) is 17.2. The molecule has 4 fully saturated rings. The summed E-state index contributed by atoms with van der Waals surface area (Å²) < 4.78 is 12.4. The molecule has 0 amide bonds. The van der Waals surface area contributed by atoms with Crippen molar-refractivity contribution in [3.8, 4) is 11.1 Å². The van der Waals surface area contributed by atoms with E-state index in [9.17, 15) is 0 Å². The first-order valence-electron chi connectivity index (χ1n) is 24.3. The number of allylic oxidation sites excluding steroid dienone is 4. The molecule has 63 heavy (non-hydrogen) atoms. The predicted octanol–water partition coefficient (Wildman–Crippen LogP) is 15.1. The van der Waals surface area contributed by atoms with E-state index in [4.69, 9.17) is 4.21 Å². The molecule has 0 saturated heterocycles. The molecule has 3 heteroatoms. The molecule has 6 aliphatic rings. The first-order valence-corrected chi connectivity index (χ1v) is 30.9. The second-order valence-corrected chi connectivity index (χ2v) is 38.5. The predicted molar refractivity (Wildman–Crippen MR) is 278 cm³/mol. The number of hydrogen-bond acceptors (Lipinski definition) is 0. The Morgan fingerprint density at radius 3 is 1.44 bits per heavy atom. The minimum atomic E-state index is -5.25. The summed E-state index contributed by atoms with van der Waals surface area (Å²) in [6.07, 6.45) is 13.8. The van der Waals surface area contributed by atoms with Gasteiger partial charge in [-0.1, -0.05) is 0 Å². The number of rotatable bonds is 6. The zero-order valence-electron chi connectivity index (χ0n) is 41.6. The van der Waals surface area contributed by atoms with E-state index in [1.54, 1.807) is 17.7 Å². The quantitative estimate of drug-likeness (QED) is 0.159. The monoisotopic (exact) mass is 960 g/mol. The van der Waals surface area contributed by atoms with Gasteiger partial charge in [0.15, 0.2) is 0 Å². The van der Waals surface area contributed by atoms with E-state index in [0.29, 0.717) is 11.3 Å². The Labute approximate surface area is 397 Å². The van der Waals surface area contributed by atoms with Gasteiger partial charge in [-0.15, -0.1) is 24.8 Å². The van der Waals surface area contributed by atoms with Crippen molar-refractivity contribution < 1.29 is 18.3 Å². The molecule has 0 aliphatic heterocycles. The van der Waals surface area contributed by atoms with Crippen LogP contribution in [-0.4, -0.2) is 4.21 Å². The van der Waals surface area contributed by atoms with Crippen LogP contribution in [0.3, 0.4) is 0 Å². The van der Waals surface area contributed by atoms with Gasteiger partial charge >= 0.3 is 375 Å². The van der Waals surface area contributed by atoms with Gasteiger partial charge in [-0.3, -0.25) is 0 Å². The van der Waals surface area contributed by atoms with E-state index in [1.807, 2.05) is 0 Å². The molecule has 0 heterocycles. The van der Waals surface area contributed by atoms with Crippen LogP contribution in [0.25, 0.3) is 11.1 Å². The molecular weight excluding hydrogens is 883 g/mol. The molecule has 4 aromatic carbocycles. The van der Waals surface area contributed by atoms with Crippen LogP contribution in [-0.2, 0) is 46.4 Å². The van der Waals surface area contributed by atoms with Crippen LogP contribution in [0, 0.1) is 29.1 Å². The average molecular weight is 963 g/mol. The van der Waals surface area contributed by atoms with Gasteiger partial charge in [0.2, 0.25) is 0 Å². The van der Waals surface area contributed by atoms with Crippen LogP contribution < -0.4 is 9.81 Å². The molecule has 6 aliphatic carbocycles. The Hall–Kier alpha value is -2.31. The fourth-order valence-electron chi connectivity index (χ4n) is 14.3. The summed E-state index contributed by atoms with van der Waals surface area (Å²) in [6, 6.07) is 33.0. The summed E-state index contributed by atoms with van der Waals surface area (Å²) in [5.74, 6) is 3.18. The number of benzene rings is 4. The maximum absolute atomic E-state index is 6.18. The summed E-state index contributed by atoms with van der Waals surface area (Å²) in [6.45, 7) is 33.7. The van der Waals surface area contributed by atoms with Crippen molar-refractivity contribution in [2.24, 2.45) is 29.1 Å². The van der Waals surface area contributed by atoms with Gasteiger partial charge in [-0.25, -0.2) is 0 Å². The Morgan fingerprint density at radius 2 is 1.00 bits per heavy atom. The molecule has 0 radical (unpaired) electrons. The van der Waals surface area contributed by atoms with E-state index < -0.39 is 18.3 Å². The first kappa shape index (κ1) is 48.6. The summed E-state index contributed by atoms with van der Waals surface area (Å²) in [5.41, 5.74) is 15.4. The van der Waals surface area contributed by atoms with Crippen molar-refractivity contribution in [3.63, 3.8) is 0 Å². The SMILES string of the molecule is Cl.Cl.[CH2]=[Zr]([C]1=C(C)C(CC23CC4CC(CC(C4)C2)C3)=CC1C)([c]1ccc(C(C)(C)C)cc1)([c]1ccc(C(C)(C)C)cc1)[c]1cc(C(C)(C)C)cc2c1Cc1ccc(C(C)(C)C)cc1-2. The molecule has 1 unspecified atom stereocenters. The van der Waals surface area contributed by atoms with E-state index in [0.717, 1.165) is 24.2 Å². The molecule has 0 aromatic heterocycles. The summed E-state index contributed by atoms with van der Waals surface area (Å²) in [4.78, 5) is 0. The van der Waals surface area contributed by atoms with Crippen LogP contribution >= 0.6 is 24.8 Å². The van der Waals surface area contributed by atoms with Crippen molar-refractivity contribution >= 4 is 38.8 Å². The molecule has 0 N–H and O–H groups in total. The molecule has 4 bridgehead atoms. The second-order valence-electron chi connectivity index (χ2n) is 25.8. The fourth-order valence-corrected chi connectivity index (χ4v) is 31.8. The van der Waals surface area contributed by atoms with Gasteiger partial charge in [0.1, 0.15) is 0 Å². The van der Waals surface area contributed by atoms with Gasteiger partial charge in [-0.05, 0) is 0 Å². The van der Waals surface area contributed by atoms with E-state index in [1.165, 1.54) is 96.0 Å². The average Bonchev–Trinajstić information content (AvgIpc) is 3.67. The molecule has 10 rings (SSSR count). The Bertz CT molecular complexity index is 2450. The molecule has 4 aromatic rings. The zero-order chi connectivity index (χ0) is 43.9. The standard InChI is InChI=1S/C21H25.C18H25.2C10H13.CH2.2ClH.Zr/c1-20(2,3)16-9-7-14-11-15-8-10-17(21(4,5)6)13-19(15)18(14)12-16;1-12-3-13(2)17(4-12)11-18-8-14-5-15(9-18)7-16(6-14)10-18;2*1-10(2,3)9-7-5-4-6-8-9;;;;/h7,9-10,12-13H,11H2,1-6H3;4,12,14-16H,5-11H2,1-2H3;2*5-8H,1-3H3;1H2;2*1H;. The van der Waals surface area contributed by atoms with Crippen molar-refractivity contribution in [2.45, 2.75) is 170 Å². The van der Waals surface area contributed by atoms with Crippen LogP contribution in [0.5, 0.6) is 0 Å². The second kappa shape index (κ2) is 15.9.